The van der Waals surface area contributed by atoms with E-state index in [4.69, 9.17) is 15.0 Å². The monoisotopic (exact) mass is 697 g/mol. The van der Waals surface area contributed by atoms with E-state index in [-0.39, 0.29) is 5.41 Å². The molecule has 0 amide bonds. The SMILES string of the molecule is C=C/C=C(\C=C/C)c1cc(-c2ccccc2)nc(-c2ccc(-n3c4ccccc4c4cc5c(cc43)C(C)(C)c3ccccc3N5c3ccccc3)nc2)n1. The summed E-state index contributed by atoms with van der Waals surface area (Å²) in [4.78, 5) is 17.6. The quantitative estimate of drug-likeness (QED) is 0.156. The molecule has 0 saturated heterocycles. The molecule has 1 aliphatic heterocycles. The van der Waals surface area contributed by atoms with Crippen LogP contribution in [0.2, 0.25) is 0 Å². The fourth-order valence-electron chi connectivity index (χ4n) is 7.93. The van der Waals surface area contributed by atoms with Crippen LogP contribution in [0.4, 0.5) is 17.1 Å². The molecule has 4 heterocycles. The molecule has 0 atom stereocenters. The molecule has 8 aromatic rings. The van der Waals surface area contributed by atoms with Crippen LogP contribution in [-0.2, 0) is 5.41 Å². The van der Waals surface area contributed by atoms with Gasteiger partial charge in [0.25, 0.3) is 0 Å². The standard InChI is InChI=1S/C49H39N5/c1-5-17-33(18-6-2)41-31-42(34-19-9-7-10-20-34)52-48(51-41)35-27-28-47(50-32-35)54-43-25-15-13-23-37(43)38-29-46-40(30-45(38)54)49(3,4)39-24-14-16-26-44(39)53(46)36-21-11-8-12-22-36/h5-32H,1H2,2-4H3/b18-6-,33-17+. The van der Waals surface area contributed by atoms with Crippen LogP contribution in [0.25, 0.3) is 55.8 Å². The van der Waals surface area contributed by atoms with Crippen LogP contribution in [-0.4, -0.2) is 19.5 Å². The second kappa shape index (κ2) is 13.3. The number of hydrogen-bond donors (Lipinski definition) is 0. The van der Waals surface area contributed by atoms with Gasteiger partial charge in [-0.3, -0.25) is 4.57 Å². The highest BCUT2D eigenvalue weighted by Crippen LogP contribution is 2.53. The molecule has 5 nitrogen and oxygen atoms in total. The summed E-state index contributed by atoms with van der Waals surface area (Å²) in [5.41, 5.74) is 12.6. The molecule has 5 heteroatoms. The van der Waals surface area contributed by atoms with Gasteiger partial charge < -0.3 is 4.90 Å². The Bertz CT molecular complexity index is 2750. The lowest BCUT2D eigenvalue weighted by Gasteiger charge is -2.42. The minimum Gasteiger partial charge on any atom is -0.310 e. The molecular formula is C49H39N5. The maximum atomic E-state index is 5.12. The van der Waals surface area contributed by atoms with Gasteiger partial charge in [0.2, 0.25) is 0 Å². The summed E-state index contributed by atoms with van der Waals surface area (Å²) < 4.78 is 2.29. The molecular weight excluding hydrogens is 659 g/mol. The molecule has 0 unspecified atom stereocenters. The van der Waals surface area contributed by atoms with Crippen molar-refractivity contribution in [3.63, 3.8) is 0 Å². The summed E-state index contributed by atoms with van der Waals surface area (Å²) in [6, 6.07) is 49.3. The molecule has 0 fully saturated rings. The van der Waals surface area contributed by atoms with Crippen molar-refractivity contribution < 1.29 is 0 Å². The number of allylic oxidation sites excluding steroid dienone is 5. The predicted octanol–water partition coefficient (Wildman–Crippen LogP) is 12.6. The molecule has 3 aromatic heterocycles. The van der Waals surface area contributed by atoms with Gasteiger partial charge in [-0.2, -0.15) is 0 Å². The average Bonchev–Trinajstić information content (AvgIpc) is 3.54. The molecule has 5 aromatic carbocycles. The van der Waals surface area contributed by atoms with Gasteiger partial charge in [-0.25, -0.2) is 15.0 Å². The molecule has 54 heavy (non-hydrogen) atoms. The van der Waals surface area contributed by atoms with E-state index in [1.165, 1.54) is 33.3 Å². The summed E-state index contributed by atoms with van der Waals surface area (Å²) in [5.74, 6) is 1.45. The molecule has 1 aliphatic rings. The van der Waals surface area contributed by atoms with E-state index >= 15 is 0 Å². The molecule has 0 N–H and O–H groups in total. The number of para-hydroxylation sites is 3. The topological polar surface area (TPSA) is 46.8 Å². The van der Waals surface area contributed by atoms with Crippen molar-refractivity contribution in [1.29, 1.82) is 0 Å². The second-order valence-corrected chi connectivity index (χ2v) is 14.1. The van der Waals surface area contributed by atoms with Crippen molar-refractivity contribution in [2.75, 3.05) is 4.90 Å². The molecule has 0 radical (unpaired) electrons. The van der Waals surface area contributed by atoms with Crippen LogP contribution < -0.4 is 4.90 Å². The van der Waals surface area contributed by atoms with Crippen molar-refractivity contribution in [3.8, 4) is 28.5 Å². The number of rotatable bonds is 7. The first-order chi connectivity index (χ1) is 26.5. The minimum absolute atomic E-state index is 0.241. The molecule has 260 valence electrons. The van der Waals surface area contributed by atoms with E-state index in [1.807, 2.05) is 55.6 Å². The van der Waals surface area contributed by atoms with Crippen molar-refractivity contribution in [2.24, 2.45) is 0 Å². The zero-order chi connectivity index (χ0) is 36.8. The Morgan fingerprint density at radius 3 is 2.17 bits per heavy atom. The Morgan fingerprint density at radius 2 is 1.41 bits per heavy atom. The van der Waals surface area contributed by atoms with Gasteiger partial charge in [0.1, 0.15) is 5.82 Å². The number of pyridine rings is 1. The van der Waals surface area contributed by atoms with Crippen LogP contribution in [0.5, 0.6) is 0 Å². The van der Waals surface area contributed by atoms with Crippen LogP contribution in [0.1, 0.15) is 37.6 Å². The van der Waals surface area contributed by atoms with E-state index in [0.717, 1.165) is 50.6 Å². The normalized spacial score (nSPS) is 13.7. The first-order valence-electron chi connectivity index (χ1n) is 18.4. The van der Waals surface area contributed by atoms with Crippen LogP contribution in [0.3, 0.4) is 0 Å². The summed E-state index contributed by atoms with van der Waals surface area (Å²) in [6.45, 7) is 10.6. The Balaban J connectivity index is 1.22. The van der Waals surface area contributed by atoms with Gasteiger partial charge >= 0.3 is 0 Å². The number of aromatic nitrogens is 4. The lowest BCUT2D eigenvalue weighted by atomic mass is 9.73. The number of hydrogen-bond acceptors (Lipinski definition) is 4. The third-order valence-electron chi connectivity index (χ3n) is 10.5. The Hall–Kier alpha value is -6.85. The van der Waals surface area contributed by atoms with Gasteiger partial charge in [0.15, 0.2) is 5.82 Å². The van der Waals surface area contributed by atoms with Gasteiger partial charge in [-0.1, -0.05) is 130 Å². The van der Waals surface area contributed by atoms with Gasteiger partial charge in [0.05, 0.1) is 33.8 Å². The first kappa shape index (κ1) is 33.0. The minimum atomic E-state index is -0.241. The highest BCUT2D eigenvalue weighted by Gasteiger charge is 2.37. The van der Waals surface area contributed by atoms with Crippen molar-refractivity contribution in [1.82, 2.24) is 19.5 Å². The highest BCUT2D eigenvalue weighted by molar-refractivity contribution is 6.11. The lowest BCUT2D eigenvalue weighted by molar-refractivity contribution is 0.632. The fraction of sp³-hybridized carbons (Fsp3) is 0.0816. The molecule has 0 bridgehead atoms. The maximum absolute atomic E-state index is 5.12. The Morgan fingerprint density at radius 1 is 0.667 bits per heavy atom. The van der Waals surface area contributed by atoms with Gasteiger partial charge in [-0.15, -0.1) is 0 Å². The lowest BCUT2D eigenvalue weighted by Crippen LogP contribution is -2.30. The Kier molecular flexibility index (Phi) is 8.12. The van der Waals surface area contributed by atoms with E-state index in [0.29, 0.717) is 5.82 Å². The highest BCUT2D eigenvalue weighted by atomic mass is 15.2. The summed E-state index contributed by atoms with van der Waals surface area (Å²) in [7, 11) is 0. The van der Waals surface area contributed by atoms with E-state index in [9.17, 15) is 0 Å². The van der Waals surface area contributed by atoms with Gasteiger partial charge in [-0.05, 0) is 78.2 Å². The van der Waals surface area contributed by atoms with Gasteiger partial charge in [0, 0.05) is 39.2 Å². The number of nitrogens with zero attached hydrogens (tertiary/aromatic N) is 5. The largest absolute Gasteiger partial charge is 0.310 e. The summed E-state index contributed by atoms with van der Waals surface area (Å²) in [5, 5.41) is 2.36. The van der Waals surface area contributed by atoms with E-state index in [1.54, 1.807) is 6.08 Å². The van der Waals surface area contributed by atoms with Crippen molar-refractivity contribution in [3.05, 3.63) is 193 Å². The maximum Gasteiger partial charge on any atom is 0.161 e. The first-order valence-corrected chi connectivity index (χ1v) is 18.4. The number of benzene rings is 5. The van der Waals surface area contributed by atoms with Crippen LogP contribution in [0.15, 0.2) is 177 Å². The number of fused-ring (bicyclic) bond motifs is 5. The third-order valence-corrected chi connectivity index (χ3v) is 10.5. The fourth-order valence-corrected chi connectivity index (χ4v) is 7.93. The molecule has 0 aliphatic carbocycles. The smallest absolute Gasteiger partial charge is 0.161 e. The summed E-state index contributed by atoms with van der Waals surface area (Å²) in [6.07, 6.45) is 9.72. The van der Waals surface area contributed by atoms with Crippen LogP contribution >= 0.6 is 0 Å². The van der Waals surface area contributed by atoms with Crippen molar-refractivity contribution in [2.45, 2.75) is 26.2 Å². The number of anilines is 3. The average molecular weight is 698 g/mol. The van der Waals surface area contributed by atoms with Crippen molar-refractivity contribution >= 4 is 44.4 Å². The zero-order valence-corrected chi connectivity index (χ0v) is 30.6. The van der Waals surface area contributed by atoms with Crippen LogP contribution in [0, 0.1) is 0 Å². The molecule has 0 spiro atoms. The Labute approximate surface area is 315 Å². The molecule has 0 saturated carbocycles. The third kappa shape index (κ3) is 5.44. The zero-order valence-electron chi connectivity index (χ0n) is 30.6. The second-order valence-electron chi connectivity index (χ2n) is 14.1. The van der Waals surface area contributed by atoms with E-state index < -0.39 is 0 Å². The van der Waals surface area contributed by atoms with E-state index in [2.05, 4.69) is 145 Å². The predicted molar refractivity (Wildman–Crippen MR) is 225 cm³/mol. The molecule has 9 rings (SSSR count). The summed E-state index contributed by atoms with van der Waals surface area (Å²) >= 11 is 0.